The van der Waals surface area contributed by atoms with E-state index in [9.17, 15) is 15.3 Å². The second-order valence-corrected chi connectivity index (χ2v) is 6.95. The van der Waals surface area contributed by atoms with Crippen molar-refractivity contribution in [2.75, 3.05) is 19.9 Å². The maximum atomic E-state index is 10.3. The van der Waals surface area contributed by atoms with Gasteiger partial charge in [-0.15, -0.1) is 0 Å². The topological polar surface area (TPSA) is 145 Å². The van der Waals surface area contributed by atoms with Gasteiger partial charge >= 0.3 is 0 Å². The molecule has 1 aromatic carbocycles. The van der Waals surface area contributed by atoms with Gasteiger partial charge in [0.05, 0.1) is 19.8 Å². The van der Waals surface area contributed by atoms with E-state index in [1.54, 1.807) is 4.90 Å². The molecule has 150 valence electrons. The molecule has 0 saturated carbocycles. The third-order valence-electron chi connectivity index (χ3n) is 5.00. The van der Waals surface area contributed by atoms with Gasteiger partial charge in [0.2, 0.25) is 0 Å². The minimum absolute atomic E-state index is 0.0973. The lowest BCUT2D eigenvalue weighted by Gasteiger charge is -2.32. The van der Waals surface area contributed by atoms with Crippen molar-refractivity contribution in [3.8, 4) is 0 Å². The molecule has 0 aliphatic carbocycles. The SMILES string of the molecule is NC1(COCc2ccccc2)N=CN=C2C1=NCN2[C@@H]1O[C@H](CO)[C@@H](O)[C@H]1O. The Morgan fingerprint density at radius 3 is 2.75 bits per heavy atom. The highest BCUT2D eigenvalue weighted by Crippen LogP contribution is 2.29. The summed E-state index contributed by atoms with van der Waals surface area (Å²) < 4.78 is 11.3. The molecule has 10 nitrogen and oxygen atoms in total. The standard InChI is InChI=1S/C18H23N5O5/c19-18(8-27-7-11-4-2-1-3-5-11)15-16(20-9-22-18)23(10-21-15)17-14(26)13(25)12(6-24)28-17/h1-5,9,12-14,17,24-26H,6-8,10,19H2/t12-,13-,14-,17-,18?/m1/s1. The average molecular weight is 389 g/mol. The summed E-state index contributed by atoms with van der Waals surface area (Å²) in [6, 6.07) is 9.70. The van der Waals surface area contributed by atoms with Crippen LogP contribution in [0.2, 0.25) is 0 Å². The maximum Gasteiger partial charge on any atom is 0.179 e. The Balaban J connectivity index is 1.44. The van der Waals surface area contributed by atoms with Crippen LogP contribution in [0.1, 0.15) is 5.56 Å². The lowest BCUT2D eigenvalue weighted by atomic mass is 10.0. The zero-order valence-electron chi connectivity index (χ0n) is 15.1. The summed E-state index contributed by atoms with van der Waals surface area (Å²) in [7, 11) is 0. The van der Waals surface area contributed by atoms with Gasteiger partial charge < -0.3 is 29.7 Å². The van der Waals surface area contributed by atoms with Crippen molar-refractivity contribution < 1.29 is 24.8 Å². The molecule has 1 aromatic rings. The molecule has 0 amide bonds. The number of rotatable bonds is 6. The van der Waals surface area contributed by atoms with E-state index in [0.29, 0.717) is 18.2 Å². The summed E-state index contributed by atoms with van der Waals surface area (Å²) in [5.41, 5.74) is 6.67. The Kier molecular flexibility index (Phi) is 5.23. The molecule has 3 heterocycles. The van der Waals surface area contributed by atoms with Gasteiger partial charge in [0.1, 0.15) is 37.0 Å². The minimum Gasteiger partial charge on any atom is -0.394 e. The Labute approximate surface area is 161 Å². The van der Waals surface area contributed by atoms with Gasteiger partial charge in [-0.25, -0.2) is 9.98 Å². The van der Waals surface area contributed by atoms with Gasteiger partial charge in [0.15, 0.2) is 17.7 Å². The van der Waals surface area contributed by atoms with E-state index in [1.807, 2.05) is 30.3 Å². The number of hydrogen-bond acceptors (Lipinski definition) is 10. The lowest BCUT2D eigenvalue weighted by Crippen LogP contribution is -2.57. The average Bonchev–Trinajstić information content (AvgIpc) is 3.25. The van der Waals surface area contributed by atoms with Crippen molar-refractivity contribution in [2.45, 2.75) is 36.8 Å². The second kappa shape index (κ2) is 7.66. The fourth-order valence-electron chi connectivity index (χ4n) is 3.48. The quantitative estimate of drug-likeness (QED) is 0.461. The molecule has 1 unspecified atom stereocenters. The maximum absolute atomic E-state index is 10.3. The number of ether oxygens (including phenoxy) is 2. The molecule has 3 aliphatic heterocycles. The van der Waals surface area contributed by atoms with Crippen LogP contribution in [0, 0.1) is 0 Å². The molecule has 28 heavy (non-hydrogen) atoms. The predicted octanol–water partition coefficient (Wildman–Crippen LogP) is -1.55. The van der Waals surface area contributed by atoms with Gasteiger partial charge in [-0.3, -0.25) is 10.7 Å². The van der Waals surface area contributed by atoms with Gasteiger partial charge in [0, 0.05) is 0 Å². The summed E-state index contributed by atoms with van der Waals surface area (Å²) in [6.45, 7) is 0.216. The second-order valence-electron chi connectivity index (χ2n) is 6.95. The summed E-state index contributed by atoms with van der Waals surface area (Å²) in [4.78, 5) is 14.5. The number of nitrogens with zero attached hydrogens (tertiary/aromatic N) is 4. The van der Waals surface area contributed by atoms with E-state index in [4.69, 9.17) is 15.2 Å². The van der Waals surface area contributed by atoms with Gasteiger partial charge in [-0.1, -0.05) is 30.3 Å². The van der Waals surface area contributed by atoms with Gasteiger partial charge in [0.25, 0.3) is 0 Å². The van der Waals surface area contributed by atoms with E-state index < -0.39 is 36.8 Å². The smallest absolute Gasteiger partial charge is 0.179 e. The van der Waals surface area contributed by atoms with Crippen LogP contribution in [0.3, 0.4) is 0 Å². The van der Waals surface area contributed by atoms with Crippen LogP contribution in [0.15, 0.2) is 45.3 Å². The zero-order chi connectivity index (χ0) is 19.7. The summed E-state index contributed by atoms with van der Waals surface area (Å²) in [6.07, 6.45) is -2.85. The van der Waals surface area contributed by atoms with E-state index in [0.717, 1.165) is 5.56 Å². The van der Waals surface area contributed by atoms with Gasteiger partial charge in [-0.2, -0.15) is 0 Å². The zero-order valence-corrected chi connectivity index (χ0v) is 15.1. The first-order valence-electron chi connectivity index (χ1n) is 9.00. The first-order chi connectivity index (χ1) is 13.5. The Hall–Kier alpha value is -2.21. The highest BCUT2D eigenvalue weighted by molar-refractivity contribution is 6.47. The van der Waals surface area contributed by atoms with Gasteiger partial charge in [-0.05, 0) is 5.56 Å². The van der Waals surface area contributed by atoms with Crippen LogP contribution in [-0.4, -0.2) is 88.2 Å². The third-order valence-corrected chi connectivity index (χ3v) is 5.00. The number of fused-ring (bicyclic) bond motifs is 1. The molecule has 0 spiro atoms. The first kappa shape index (κ1) is 19.1. The van der Waals surface area contributed by atoms with Crippen molar-refractivity contribution in [2.24, 2.45) is 20.7 Å². The van der Waals surface area contributed by atoms with E-state index in [1.165, 1.54) is 6.34 Å². The number of amidine groups is 1. The molecule has 5 N–H and O–H groups in total. The highest BCUT2D eigenvalue weighted by atomic mass is 16.6. The Bertz CT molecular complexity index is 801. The lowest BCUT2D eigenvalue weighted by molar-refractivity contribution is -0.0688. The van der Waals surface area contributed by atoms with Crippen molar-refractivity contribution >= 4 is 17.9 Å². The number of hydrogen-bond donors (Lipinski definition) is 4. The van der Waals surface area contributed by atoms with E-state index in [-0.39, 0.29) is 13.3 Å². The van der Waals surface area contributed by atoms with Crippen LogP contribution < -0.4 is 5.73 Å². The Morgan fingerprint density at radius 1 is 1.25 bits per heavy atom. The predicted molar refractivity (Wildman–Crippen MR) is 101 cm³/mol. The number of nitrogens with two attached hydrogens (primary N) is 1. The van der Waals surface area contributed by atoms with E-state index in [2.05, 4.69) is 15.0 Å². The van der Waals surface area contributed by atoms with Crippen molar-refractivity contribution in [1.82, 2.24) is 4.90 Å². The molecule has 0 radical (unpaired) electrons. The first-order valence-corrected chi connectivity index (χ1v) is 9.00. The third kappa shape index (κ3) is 3.34. The molecule has 10 heteroatoms. The van der Waals surface area contributed by atoms with Crippen molar-refractivity contribution in [3.63, 3.8) is 0 Å². The number of aliphatic hydroxyl groups excluding tert-OH is 3. The molecular weight excluding hydrogens is 366 g/mol. The fourth-order valence-corrected chi connectivity index (χ4v) is 3.48. The monoisotopic (exact) mass is 389 g/mol. The Morgan fingerprint density at radius 2 is 2.04 bits per heavy atom. The summed E-state index contributed by atoms with van der Waals surface area (Å²) in [5.74, 6) is 0.413. The highest BCUT2D eigenvalue weighted by Gasteiger charge is 2.50. The van der Waals surface area contributed by atoms with Crippen molar-refractivity contribution in [3.05, 3.63) is 35.9 Å². The van der Waals surface area contributed by atoms with E-state index >= 15 is 0 Å². The molecule has 1 fully saturated rings. The van der Waals surface area contributed by atoms with Crippen LogP contribution in [-0.2, 0) is 16.1 Å². The summed E-state index contributed by atoms with van der Waals surface area (Å²) >= 11 is 0. The molecule has 0 aromatic heterocycles. The number of aliphatic imine (C=N–C) groups is 3. The molecular formula is C18H23N5O5. The fraction of sp³-hybridized carbons (Fsp3) is 0.500. The van der Waals surface area contributed by atoms with Crippen LogP contribution >= 0.6 is 0 Å². The minimum atomic E-state index is -1.21. The normalized spacial score (nSPS) is 34.4. The van der Waals surface area contributed by atoms with Crippen LogP contribution in [0.25, 0.3) is 0 Å². The molecule has 5 atom stereocenters. The largest absolute Gasteiger partial charge is 0.394 e. The van der Waals surface area contributed by atoms with Crippen molar-refractivity contribution in [1.29, 1.82) is 0 Å². The molecule has 0 bridgehead atoms. The summed E-state index contributed by atoms with van der Waals surface area (Å²) in [5, 5.41) is 29.6. The number of aliphatic hydroxyl groups is 3. The molecule has 1 saturated heterocycles. The number of benzene rings is 1. The molecule has 4 rings (SSSR count). The van der Waals surface area contributed by atoms with Crippen LogP contribution in [0.4, 0.5) is 0 Å². The molecule has 3 aliphatic rings. The van der Waals surface area contributed by atoms with Crippen LogP contribution in [0.5, 0.6) is 0 Å².